The summed E-state index contributed by atoms with van der Waals surface area (Å²) in [5.41, 5.74) is 5.86. The fraction of sp³-hybridized carbons (Fsp3) is 0.440. The first-order valence-corrected chi connectivity index (χ1v) is 12.4. The highest BCUT2D eigenvalue weighted by molar-refractivity contribution is 8.24. The molecule has 35 heavy (non-hydrogen) atoms. The van der Waals surface area contributed by atoms with Gasteiger partial charge in [0.25, 0.3) is 5.91 Å². The van der Waals surface area contributed by atoms with Gasteiger partial charge in [-0.15, -0.1) is 0 Å². The molecular formula is C25H33N5O4S. The standard InChI is InChI=1S/C25H33N5O4S/c1-16(2)34-23-11-18(10-17(3)27-23)14-33-20-8-6-19(7-9-20)24(32)28-22-13-30(5)12-21(22)25(29-26-4)35-15-31/h6-11,15-16,21-22,26H,12-14H2,1-5H3,(H,28,32)/b29-25-. The number of thioether (sulfide) groups is 1. The number of benzene rings is 1. The number of rotatable bonds is 10. The number of nitrogens with zero attached hydrogens (tertiary/aromatic N) is 3. The van der Waals surface area contributed by atoms with Gasteiger partial charge in [0.05, 0.1) is 12.1 Å². The number of aryl methyl sites for hydroxylation is 1. The maximum absolute atomic E-state index is 12.9. The van der Waals surface area contributed by atoms with Gasteiger partial charge in [0.15, 0.2) is 5.62 Å². The molecule has 1 aliphatic rings. The molecule has 1 fully saturated rings. The fourth-order valence-corrected chi connectivity index (χ4v) is 4.62. The second-order valence-corrected chi connectivity index (χ2v) is 9.58. The third kappa shape index (κ3) is 7.69. The van der Waals surface area contributed by atoms with E-state index in [0.29, 0.717) is 41.9 Å². The van der Waals surface area contributed by atoms with E-state index in [2.05, 4.69) is 25.7 Å². The number of likely N-dealkylation sites (N-methyl/N-ethyl adjacent to an activating group) is 1. The minimum absolute atomic E-state index is 0.0441. The van der Waals surface area contributed by atoms with Crippen LogP contribution in [0.3, 0.4) is 0 Å². The van der Waals surface area contributed by atoms with Crippen molar-refractivity contribution in [2.24, 2.45) is 11.0 Å². The van der Waals surface area contributed by atoms with Crippen LogP contribution in [0.25, 0.3) is 0 Å². The van der Waals surface area contributed by atoms with E-state index in [0.717, 1.165) is 28.6 Å². The van der Waals surface area contributed by atoms with Gasteiger partial charge in [-0.1, -0.05) is 0 Å². The van der Waals surface area contributed by atoms with E-state index in [1.807, 2.05) is 40.0 Å². The Hall–Kier alpha value is -3.11. The van der Waals surface area contributed by atoms with Crippen molar-refractivity contribution in [3.63, 3.8) is 0 Å². The number of aromatic nitrogens is 1. The summed E-state index contributed by atoms with van der Waals surface area (Å²) in [6.45, 7) is 7.58. The molecular weight excluding hydrogens is 466 g/mol. The van der Waals surface area contributed by atoms with Crippen LogP contribution in [0.4, 0.5) is 0 Å². The smallest absolute Gasteiger partial charge is 0.251 e. The Balaban J connectivity index is 1.61. The molecule has 1 aromatic heterocycles. The molecule has 0 radical (unpaired) electrons. The number of hydrogen-bond donors (Lipinski definition) is 2. The molecule has 10 heteroatoms. The zero-order chi connectivity index (χ0) is 25.4. The van der Waals surface area contributed by atoms with Crippen molar-refractivity contribution in [3.8, 4) is 11.6 Å². The lowest BCUT2D eigenvalue weighted by Gasteiger charge is -2.20. The number of hydrogen-bond acceptors (Lipinski definition) is 9. The molecule has 1 amide bonds. The molecule has 2 aromatic rings. The van der Waals surface area contributed by atoms with E-state index in [1.165, 1.54) is 0 Å². The topological polar surface area (TPSA) is 105 Å². The van der Waals surface area contributed by atoms with E-state index in [9.17, 15) is 9.59 Å². The molecule has 1 aliphatic heterocycles. The third-order valence-corrected chi connectivity index (χ3v) is 6.13. The predicted molar refractivity (Wildman–Crippen MR) is 139 cm³/mol. The van der Waals surface area contributed by atoms with Crippen LogP contribution in [-0.4, -0.2) is 65.8 Å². The molecule has 2 N–H and O–H groups in total. The molecule has 0 bridgehead atoms. The van der Waals surface area contributed by atoms with Gasteiger partial charge in [-0.05, 0) is 75.5 Å². The van der Waals surface area contributed by atoms with Crippen molar-refractivity contribution in [2.75, 3.05) is 27.2 Å². The van der Waals surface area contributed by atoms with Gasteiger partial charge in [-0.2, -0.15) is 5.10 Å². The Morgan fingerprint density at radius 3 is 2.69 bits per heavy atom. The maximum Gasteiger partial charge on any atom is 0.251 e. The summed E-state index contributed by atoms with van der Waals surface area (Å²) in [4.78, 5) is 30.5. The largest absolute Gasteiger partial charge is 0.489 e. The first kappa shape index (κ1) is 26.5. The highest BCUT2D eigenvalue weighted by Crippen LogP contribution is 2.23. The Kier molecular flexibility index (Phi) is 9.50. The number of carbonyl (C=O) groups is 2. The van der Waals surface area contributed by atoms with Crippen molar-refractivity contribution in [1.29, 1.82) is 0 Å². The molecule has 1 saturated heterocycles. The van der Waals surface area contributed by atoms with Crippen LogP contribution < -0.4 is 20.2 Å². The molecule has 2 atom stereocenters. The van der Waals surface area contributed by atoms with Crippen molar-refractivity contribution >= 4 is 28.3 Å². The second-order valence-electron chi connectivity index (χ2n) is 8.73. The lowest BCUT2D eigenvalue weighted by Crippen LogP contribution is -2.42. The average molecular weight is 500 g/mol. The van der Waals surface area contributed by atoms with Crippen molar-refractivity contribution < 1.29 is 19.1 Å². The van der Waals surface area contributed by atoms with Gasteiger partial charge < -0.3 is 25.1 Å². The number of hydrazone groups is 1. The summed E-state index contributed by atoms with van der Waals surface area (Å²) in [6.07, 6.45) is 0.0441. The summed E-state index contributed by atoms with van der Waals surface area (Å²) in [6, 6.07) is 10.7. The Morgan fingerprint density at radius 2 is 2.03 bits per heavy atom. The molecule has 0 saturated carbocycles. The number of amides is 1. The molecule has 2 heterocycles. The Morgan fingerprint density at radius 1 is 1.29 bits per heavy atom. The van der Waals surface area contributed by atoms with E-state index in [4.69, 9.17) is 9.47 Å². The van der Waals surface area contributed by atoms with Gasteiger partial charge in [0.1, 0.15) is 17.4 Å². The first-order valence-electron chi connectivity index (χ1n) is 11.5. The van der Waals surface area contributed by atoms with E-state index in [1.54, 1.807) is 31.3 Å². The second kappa shape index (κ2) is 12.6. The van der Waals surface area contributed by atoms with Crippen molar-refractivity contribution in [3.05, 3.63) is 53.2 Å². The summed E-state index contributed by atoms with van der Waals surface area (Å²) in [5, 5.41) is 7.99. The van der Waals surface area contributed by atoms with Crippen molar-refractivity contribution in [1.82, 2.24) is 20.6 Å². The van der Waals surface area contributed by atoms with Crippen molar-refractivity contribution in [2.45, 2.75) is 39.5 Å². The normalized spacial score (nSPS) is 18.4. The minimum atomic E-state index is -0.179. The number of likely N-dealkylation sites (tertiary alicyclic amines) is 1. The summed E-state index contributed by atoms with van der Waals surface area (Å²) < 4.78 is 11.6. The highest BCUT2D eigenvalue weighted by Gasteiger charge is 2.36. The minimum Gasteiger partial charge on any atom is -0.489 e. The zero-order valence-corrected chi connectivity index (χ0v) is 21.6. The third-order valence-electron chi connectivity index (χ3n) is 5.40. The molecule has 3 rings (SSSR count). The quantitative estimate of drug-likeness (QED) is 0.223. The molecule has 188 valence electrons. The van der Waals surface area contributed by atoms with Crippen LogP contribution in [-0.2, 0) is 11.4 Å². The molecule has 0 spiro atoms. The number of nitrogens with one attached hydrogen (secondary N) is 2. The number of carbonyl (C=O) groups excluding carboxylic acids is 2. The molecule has 0 aliphatic carbocycles. The lowest BCUT2D eigenvalue weighted by atomic mass is 10.0. The Bertz CT molecular complexity index is 1040. The van der Waals surface area contributed by atoms with Gasteiger partial charge in [0.2, 0.25) is 5.88 Å². The molecule has 1 aromatic carbocycles. The monoisotopic (exact) mass is 499 g/mol. The maximum atomic E-state index is 12.9. The Labute approximate surface area is 210 Å². The summed E-state index contributed by atoms with van der Waals surface area (Å²) in [7, 11) is 3.67. The van der Waals surface area contributed by atoms with Crippen LogP contribution in [0.2, 0.25) is 0 Å². The van der Waals surface area contributed by atoms with E-state index < -0.39 is 0 Å². The number of pyridine rings is 1. The van der Waals surface area contributed by atoms with Gasteiger partial charge in [-0.25, -0.2) is 4.98 Å². The average Bonchev–Trinajstić information content (AvgIpc) is 3.16. The van der Waals surface area contributed by atoms with Crippen LogP contribution in [0.1, 0.15) is 35.5 Å². The van der Waals surface area contributed by atoms with Crippen LogP contribution in [0, 0.1) is 12.8 Å². The van der Waals surface area contributed by atoms with Gasteiger partial charge >= 0.3 is 0 Å². The van der Waals surface area contributed by atoms with E-state index >= 15 is 0 Å². The van der Waals surface area contributed by atoms with Crippen LogP contribution in [0.5, 0.6) is 11.6 Å². The zero-order valence-electron chi connectivity index (χ0n) is 20.8. The van der Waals surface area contributed by atoms with Crippen LogP contribution >= 0.6 is 11.8 Å². The highest BCUT2D eigenvalue weighted by atomic mass is 32.2. The van der Waals surface area contributed by atoms with Gasteiger partial charge in [-0.3, -0.25) is 9.59 Å². The molecule has 2 unspecified atom stereocenters. The summed E-state index contributed by atoms with van der Waals surface area (Å²) in [5.74, 6) is 0.993. The summed E-state index contributed by atoms with van der Waals surface area (Å²) >= 11 is 1.04. The fourth-order valence-electron chi connectivity index (χ4n) is 3.97. The SMILES string of the molecule is CN/N=C(\SC=O)C1CN(C)CC1NC(=O)c1ccc(OCc2cc(C)nc(OC(C)C)c2)cc1. The predicted octanol–water partition coefficient (Wildman–Crippen LogP) is 2.87. The first-order chi connectivity index (χ1) is 16.8. The van der Waals surface area contributed by atoms with Gasteiger partial charge in [0, 0.05) is 43.4 Å². The lowest BCUT2D eigenvalue weighted by molar-refractivity contribution is 0.0935. The molecule has 9 nitrogen and oxygen atoms in total. The van der Waals surface area contributed by atoms with E-state index in [-0.39, 0.29) is 24.0 Å². The number of ether oxygens (including phenoxy) is 2. The van der Waals surface area contributed by atoms with Crippen LogP contribution in [0.15, 0.2) is 41.5 Å².